The number of aromatic nitrogens is 3. The van der Waals surface area contributed by atoms with E-state index in [1.165, 1.54) is 11.8 Å². The van der Waals surface area contributed by atoms with E-state index in [9.17, 15) is 8.78 Å². The van der Waals surface area contributed by atoms with Gasteiger partial charge in [-0.1, -0.05) is 54.9 Å². The Morgan fingerprint density at radius 2 is 2.00 bits per heavy atom. The molecule has 0 amide bonds. The molecule has 118 valence electrons. The Kier molecular flexibility index (Phi) is 6.06. The Balaban J connectivity index is 2.22. The minimum absolute atomic E-state index is 0.395. The maximum atomic E-state index is 13.0. The standard InChI is InChI=1S/C15H18F2N4S/c1-3-4-9-22-15-20-19-14(13(16)17)21(15)18-10-12-7-5-11(2)6-8-12/h5-8,10,13H,3-4,9H2,1-2H3. The van der Waals surface area contributed by atoms with E-state index in [4.69, 9.17) is 0 Å². The van der Waals surface area contributed by atoms with E-state index in [2.05, 4.69) is 22.2 Å². The minimum Gasteiger partial charge on any atom is -0.201 e. The molecule has 0 saturated heterocycles. The number of hydrogen-bond acceptors (Lipinski definition) is 4. The van der Waals surface area contributed by atoms with Crippen LogP contribution < -0.4 is 0 Å². The lowest BCUT2D eigenvalue weighted by Gasteiger charge is -2.03. The zero-order valence-corrected chi connectivity index (χ0v) is 13.4. The summed E-state index contributed by atoms with van der Waals surface area (Å²) < 4.78 is 27.1. The highest BCUT2D eigenvalue weighted by atomic mass is 32.2. The normalized spacial score (nSPS) is 11.7. The molecule has 4 nitrogen and oxygen atoms in total. The van der Waals surface area contributed by atoms with E-state index in [0.29, 0.717) is 5.16 Å². The van der Waals surface area contributed by atoms with Crippen LogP contribution in [0.15, 0.2) is 34.5 Å². The molecule has 0 bridgehead atoms. The lowest BCUT2D eigenvalue weighted by Crippen LogP contribution is -2.01. The topological polar surface area (TPSA) is 43.1 Å². The van der Waals surface area contributed by atoms with Crippen LogP contribution in [0.5, 0.6) is 0 Å². The maximum absolute atomic E-state index is 13.0. The maximum Gasteiger partial charge on any atom is 0.299 e. The summed E-state index contributed by atoms with van der Waals surface area (Å²) in [5.41, 5.74) is 1.97. The summed E-state index contributed by atoms with van der Waals surface area (Å²) in [6.45, 7) is 4.06. The fourth-order valence-electron chi connectivity index (χ4n) is 1.70. The van der Waals surface area contributed by atoms with Gasteiger partial charge in [-0.25, -0.2) is 8.78 Å². The van der Waals surface area contributed by atoms with Crippen molar-refractivity contribution in [2.24, 2.45) is 5.10 Å². The zero-order valence-electron chi connectivity index (χ0n) is 12.5. The SMILES string of the molecule is CCCCSc1nnc(C(F)F)n1N=Cc1ccc(C)cc1. The van der Waals surface area contributed by atoms with Gasteiger partial charge in [-0.05, 0) is 18.9 Å². The van der Waals surface area contributed by atoms with Crippen molar-refractivity contribution in [2.75, 3.05) is 5.75 Å². The molecular weight excluding hydrogens is 306 g/mol. The van der Waals surface area contributed by atoms with Crippen LogP contribution >= 0.6 is 11.8 Å². The number of alkyl halides is 2. The molecule has 0 spiro atoms. The highest BCUT2D eigenvalue weighted by Crippen LogP contribution is 2.23. The van der Waals surface area contributed by atoms with Gasteiger partial charge in [0.15, 0.2) is 0 Å². The van der Waals surface area contributed by atoms with Crippen molar-refractivity contribution in [1.29, 1.82) is 0 Å². The molecule has 0 N–H and O–H groups in total. The summed E-state index contributed by atoms with van der Waals surface area (Å²) in [4.78, 5) is 0. The molecule has 7 heteroatoms. The molecule has 0 aliphatic rings. The third-order valence-corrected chi connectivity index (χ3v) is 3.97. The monoisotopic (exact) mass is 324 g/mol. The third kappa shape index (κ3) is 4.37. The second-order valence-corrected chi connectivity index (χ2v) is 5.87. The Morgan fingerprint density at radius 1 is 1.27 bits per heavy atom. The van der Waals surface area contributed by atoms with E-state index in [1.54, 1.807) is 6.21 Å². The number of thioether (sulfide) groups is 1. The van der Waals surface area contributed by atoms with Crippen molar-refractivity contribution in [3.05, 3.63) is 41.2 Å². The number of benzene rings is 1. The van der Waals surface area contributed by atoms with Gasteiger partial charge in [0.1, 0.15) is 0 Å². The molecule has 0 atom stereocenters. The summed E-state index contributed by atoms with van der Waals surface area (Å²) in [6.07, 6.45) is 0.861. The number of unbranched alkanes of at least 4 members (excludes halogenated alkanes) is 1. The lowest BCUT2D eigenvalue weighted by atomic mass is 10.2. The Bertz CT molecular complexity index is 623. The lowest BCUT2D eigenvalue weighted by molar-refractivity contribution is 0.135. The highest BCUT2D eigenvalue weighted by Gasteiger charge is 2.20. The van der Waals surface area contributed by atoms with Gasteiger partial charge in [-0.15, -0.1) is 10.2 Å². The van der Waals surface area contributed by atoms with Crippen LogP contribution in [0.3, 0.4) is 0 Å². The predicted molar refractivity (Wildman–Crippen MR) is 84.8 cm³/mol. The van der Waals surface area contributed by atoms with E-state index < -0.39 is 12.2 Å². The van der Waals surface area contributed by atoms with E-state index >= 15 is 0 Å². The first-order valence-electron chi connectivity index (χ1n) is 7.09. The average molecular weight is 324 g/mol. The third-order valence-electron chi connectivity index (χ3n) is 2.96. The van der Waals surface area contributed by atoms with Gasteiger partial charge in [0.25, 0.3) is 6.43 Å². The zero-order chi connectivity index (χ0) is 15.9. The molecule has 0 unspecified atom stereocenters. The van der Waals surface area contributed by atoms with E-state index in [1.807, 2.05) is 31.2 Å². The number of hydrogen-bond donors (Lipinski definition) is 0. The number of aryl methyl sites for hydroxylation is 1. The molecule has 1 aromatic carbocycles. The van der Waals surface area contributed by atoms with Crippen LogP contribution in [0.25, 0.3) is 0 Å². The van der Waals surface area contributed by atoms with Gasteiger partial charge in [-0.2, -0.15) is 9.78 Å². The molecule has 1 heterocycles. The Hall–Kier alpha value is -1.76. The average Bonchev–Trinajstić information content (AvgIpc) is 2.90. The van der Waals surface area contributed by atoms with E-state index in [-0.39, 0.29) is 0 Å². The van der Waals surface area contributed by atoms with Crippen LogP contribution in [0.4, 0.5) is 8.78 Å². The van der Waals surface area contributed by atoms with Gasteiger partial charge in [0.2, 0.25) is 11.0 Å². The number of rotatable bonds is 7. The minimum atomic E-state index is -2.71. The fraction of sp³-hybridized carbons (Fsp3) is 0.400. The first-order chi connectivity index (χ1) is 10.6. The van der Waals surface area contributed by atoms with Crippen molar-refractivity contribution in [1.82, 2.24) is 14.9 Å². The van der Waals surface area contributed by atoms with Crippen molar-refractivity contribution in [3.63, 3.8) is 0 Å². The van der Waals surface area contributed by atoms with Crippen LogP contribution in [0.1, 0.15) is 43.1 Å². The van der Waals surface area contributed by atoms with Crippen LogP contribution in [-0.2, 0) is 0 Å². The molecule has 0 aliphatic heterocycles. The summed E-state index contributed by atoms with van der Waals surface area (Å²) in [6, 6.07) is 7.65. The molecule has 22 heavy (non-hydrogen) atoms. The largest absolute Gasteiger partial charge is 0.299 e. The molecule has 0 fully saturated rings. The molecule has 1 aromatic heterocycles. The number of halogens is 2. The summed E-state index contributed by atoms with van der Waals surface area (Å²) in [7, 11) is 0. The number of nitrogens with zero attached hydrogens (tertiary/aromatic N) is 4. The predicted octanol–water partition coefficient (Wildman–Crippen LogP) is 4.30. The molecule has 0 aliphatic carbocycles. The Labute approximate surface area is 132 Å². The van der Waals surface area contributed by atoms with Crippen molar-refractivity contribution in [3.8, 4) is 0 Å². The smallest absolute Gasteiger partial charge is 0.201 e. The first kappa shape index (κ1) is 16.6. The van der Waals surface area contributed by atoms with Gasteiger partial charge in [0.05, 0.1) is 6.21 Å². The van der Waals surface area contributed by atoms with E-state index in [0.717, 1.165) is 34.4 Å². The van der Waals surface area contributed by atoms with Crippen LogP contribution in [0.2, 0.25) is 0 Å². The van der Waals surface area contributed by atoms with Crippen molar-refractivity contribution >= 4 is 18.0 Å². The van der Waals surface area contributed by atoms with Gasteiger partial charge in [-0.3, -0.25) is 0 Å². The molecule has 0 radical (unpaired) electrons. The van der Waals surface area contributed by atoms with Gasteiger partial charge in [0, 0.05) is 5.75 Å². The second kappa shape index (κ2) is 8.03. The molecule has 2 rings (SSSR count). The van der Waals surface area contributed by atoms with Gasteiger partial charge >= 0.3 is 0 Å². The summed E-state index contributed by atoms with van der Waals surface area (Å²) >= 11 is 1.39. The Morgan fingerprint density at radius 3 is 2.64 bits per heavy atom. The first-order valence-corrected chi connectivity index (χ1v) is 8.07. The molecule has 0 saturated carbocycles. The van der Waals surface area contributed by atoms with Crippen molar-refractivity contribution in [2.45, 2.75) is 38.3 Å². The summed E-state index contributed by atoms with van der Waals surface area (Å²) in [5, 5.41) is 11.9. The van der Waals surface area contributed by atoms with Crippen LogP contribution in [-0.4, -0.2) is 26.8 Å². The summed E-state index contributed by atoms with van der Waals surface area (Å²) in [5.74, 6) is 0.375. The quantitative estimate of drug-likeness (QED) is 0.433. The van der Waals surface area contributed by atoms with Crippen LogP contribution in [0, 0.1) is 6.92 Å². The van der Waals surface area contributed by atoms with Gasteiger partial charge < -0.3 is 0 Å². The molecule has 2 aromatic rings. The molecular formula is C15H18F2N4S. The second-order valence-electron chi connectivity index (χ2n) is 4.81. The fourth-order valence-corrected chi connectivity index (χ4v) is 2.67. The highest BCUT2D eigenvalue weighted by molar-refractivity contribution is 7.99. The van der Waals surface area contributed by atoms with Crippen molar-refractivity contribution < 1.29 is 8.78 Å².